The molecule has 0 aliphatic heterocycles. The minimum Gasteiger partial charge on any atom is -0.493 e. The maximum atomic E-state index is 12.9. The highest BCUT2D eigenvalue weighted by Gasteiger charge is 2.30. The largest absolute Gasteiger partial charge is 0.493 e. The molecule has 32 heavy (non-hydrogen) atoms. The molecule has 0 aliphatic carbocycles. The van der Waals surface area contributed by atoms with Crippen LogP contribution in [0.5, 0.6) is 11.5 Å². The first-order chi connectivity index (χ1) is 15.2. The van der Waals surface area contributed by atoms with Gasteiger partial charge in [0.05, 0.1) is 19.8 Å². The van der Waals surface area contributed by atoms with Gasteiger partial charge in [0, 0.05) is 18.7 Å². The number of hydrogen-bond acceptors (Lipinski definition) is 6. The van der Waals surface area contributed by atoms with E-state index in [1.165, 1.54) is 26.4 Å². The van der Waals surface area contributed by atoms with Crippen molar-refractivity contribution in [2.45, 2.75) is 26.2 Å². The van der Waals surface area contributed by atoms with Crippen molar-refractivity contribution in [3.63, 3.8) is 0 Å². The zero-order valence-corrected chi connectivity index (χ0v) is 17.8. The first kappa shape index (κ1) is 23.0. The summed E-state index contributed by atoms with van der Waals surface area (Å²) in [6.07, 6.45) is -4.48. The highest BCUT2D eigenvalue weighted by Crippen LogP contribution is 2.31. The van der Waals surface area contributed by atoms with Gasteiger partial charge in [0.15, 0.2) is 11.5 Å². The fourth-order valence-electron chi connectivity index (χ4n) is 3.06. The number of halogens is 3. The Bertz CT molecular complexity index is 1080. The van der Waals surface area contributed by atoms with Crippen LogP contribution in [0.3, 0.4) is 0 Å². The lowest BCUT2D eigenvalue weighted by atomic mass is 10.1. The van der Waals surface area contributed by atoms with E-state index in [2.05, 4.69) is 15.4 Å². The lowest BCUT2D eigenvalue weighted by Crippen LogP contribution is -2.33. The van der Waals surface area contributed by atoms with Gasteiger partial charge in [-0.15, -0.1) is 10.2 Å². The summed E-state index contributed by atoms with van der Waals surface area (Å²) in [4.78, 5) is 15.4. The van der Waals surface area contributed by atoms with Crippen molar-refractivity contribution in [1.29, 1.82) is 0 Å². The summed E-state index contributed by atoms with van der Waals surface area (Å²) in [6, 6.07) is 10.0. The fourth-order valence-corrected chi connectivity index (χ4v) is 3.06. The summed E-state index contributed by atoms with van der Waals surface area (Å²) in [6.45, 7) is 2.39. The number of benzene rings is 2. The summed E-state index contributed by atoms with van der Waals surface area (Å²) in [7, 11) is 3.07. The minimum absolute atomic E-state index is 0.00633. The molecule has 8 nitrogen and oxygen atoms in total. The van der Waals surface area contributed by atoms with Crippen LogP contribution in [0, 0.1) is 0 Å². The van der Waals surface area contributed by atoms with Gasteiger partial charge < -0.3 is 14.4 Å². The average molecular weight is 449 g/mol. The molecule has 11 heteroatoms. The zero-order valence-electron chi connectivity index (χ0n) is 17.8. The molecular weight excluding hydrogens is 427 g/mol. The van der Waals surface area contributed by atoms with Crippen LogP contribution >= 0.6 is 0 Å². The van der Waals surface area contributed by atoms with Crippen molar-refractivity contribution >= 4 is 5.91 Å². The van der Waals surface area contributed by atoms with Gasteiger partial charge in [0.1, 0.15) is 6.54 Å². The molecule has 0 unspecified atom stereocenters. The summed E-state index contributed by atoms with van der Waals surface area (Å²) >= 11 is 0. The molecule has 170 valence electrons. The third-order valence-electron chi connectivity index (χ3n) is 4.73. The number of alkyl halides is 3. The van der Waals surface area contributed by atoms with Crippen LogP contribution in [0.2, 0.25) is 0 Å². The Labute approximate surface area is 182 Å². The van der Waals surface area contributed by atoms with Crippen LogP contribution in [0.25, 0.3) is 11.4 Å². The van der Waals surface area contributed by atoms with Crippen molar-refractivity contribution in [2.24, 2.45) is 0 Å². The molecule has 0 fully saturated rings. The van der Waals surface area contributed by atoms with E-state index >= 15 is 0 Å². The Kier molecular flexibility index (Phi) is 6.96. The number of nitrogens with zero attached hydrogens (tertiary/aromatic N) is 5. The molecule has 1 aromatic heterocycles. The lowest BCUT2D eigenvalue weighted by Gasteiger charge is -2.21. The third kappa shape index (κ3) is 5.34. The van der Waals surface area contributed by atoms with Crippen LogP contribution in [0.15, 0.2) is 42.5 Å². The smallest absolute Gasteiger partial charge is 0.416 e. The van der Waals surface area contributed by atoms with Crippen molar-refractivity contribution in [2.75, 3.05) is 20.8 Å². The Morgan fingerprint density at radius 1 is 1.09 bits per heavy atom. The molecule has 0 N–H and O–H groups in total. The second-order valence-corrected chi connectivity index (χ2v) is 6.82. The monoisotopic (exact) mass is 449 g/mol. The van der Waals surface area contributed by atoms with Gasteiger partial charge in [-0.25, -0.2) is 0 Å². The first-order valence-corrected chi connectivity index (χ1v) is 9.69. The van der Waals surface area contributed by atoms with E-state index in [4.69, 9.17) is 9.47 Å². The van der Waals surface area contributed by atoms with Crippen molar-refractivity contribution in [1.82, 2.24) is 25.1 Å². The number of likely N-dealkylation sites (N-methyl/N-ethyl adjacent to an activating group) is 1. The van der Waals surface area contributed by atoms with Gasteiger partial charge in [0.2, 0.25) is 11.7 Å². The lowest BCUT2D eigenvalue weighted by molar-refractivity contribution is -0.137. The molecule has 0 saturated heterocycles. The molecule has 0 saturated carbocycles. The SMILES string of the molecule is CCN(Cc1ccc(OC)c(OC)c1)C(=O)Cn1nnc(-c2cccc(C(F)(F)F)c2)n1. The second kappa shape index (κ2) is 9.67. The average Bonchev–Trinajstić information content (AvgIpc) is 3.25. The zero-order chi connectivity index (χ0) is 23.3. The molecule has 2 aromatic carbocycles. The predicted octanol–water partition coefficient (Wildman–Crippen LogP) is 3.42. The molecule has 3 aromatic rings. The van der Waals surface area contributed by atoms with E-state index in [1.54, 1.807) is 17.0 Å². The summed E-state index contributed by atoms with van der Waals surface area (Å²) in [5, 5.41) is 11.7. The van der Waals surface area contributed by atoms with Crippen molar-refractivity contribution < 1.29 is 27.4 Å². The molecule has 3 rings (SSSR count). The molecule has 0 spiro atoms. The number of carbonyl (C=O) groups is 1. The summed E-state index contributed by atoms with van der Waals surface area (Å²) in [5.41, 5.74) is 0.194. The molecule has 0 bridgehead atoms. The van der Waals surface area contributed by atoms with Gasteiger partial charge in [-0.3, -0.25) is 4.79 Å². The van der Waals surface area contributed by atoms with Crippen LogP contribution < -0.4 is 9.47 Å². The Morgan fingerprint density at radius 3 is 2.50 bits per heavy atom. The number of tetrazole rings is 1. The number of aromatic nitrogens is 4. The number of ether oxygens (including phenoxy) is 2. The Hall–Kier alpha value is -3.63. The molecule has 1 amide bonds. The minimum atomic E-state index is -4.48. The van der Waals surface area contributed by atoms with Crippen LogP contribution in [-0.2, 0) is 24.1 Å². The van der Waals surface area contributed by atoms with Gasteiger partial charge in [-0.1, -0.05) is 18.2 Å². The topological polar surface area (TPSA) is 82.4 Å². The van der Waals surface area contributed by atoms with Gasteiger partial charge >= 0.3 is 6.18 Å². The standard InChI is InChI=1S/C21H22F3N5O3/c1-4-28(12-14-8-9-17(31-2)18(10-14)32-3)19(30)13-29-26-20(25-27-29)15-6-5-7-16(11-15)21(22,23)24/h5-11H,4,12-13H2,1-3H3. The highest BCUT2D eigenvalue weighted by molar-refractivity contribution is 5.75. The van der Waals surface area contributed by atoms with E-state index in [-0.39, 0.29) is 23.8 Å². The Morgan fingerprint density at radius 2 is 1.84 bits per heavy atom. The number of rotatable bonds is 8. The van der Waals surface area contributed by atoms with E-state index in [0.29, 0.717) is 24.6 Å². The van der Waals surface area contributed by atoms with E-state index in [0.717, 1.165) is 22.5 Å². The van der Waals surface area contributed by atoms with E-state index < -0.39 is 11.7 Å². The van der Waals surface area contributed by atoms with Gasteiger partial charge in [0.25, 0.3) is 0 Å². The Balaban J connectivity index is 1.71. The highest BCUT2D eigenvalue weighted by atomic mass is 19.4. The molecule has 0 aliphatic rings. The maximum absolute atomic E-state index is 12.9. The number of carbonyl (C=O) groups excluding carboxylic acids is 1. The fraction of sp³-hybridized carbons (Fsp3) is 0.333. The molecule has 1 heterocycles. The second-order valence-electron chi connectivity index (χ2n) is 6.82. The van der Waals surface area contributed by atoms with Gasteiger partial charge in [-0.05, 0) is 42.0 Å². The maximum Gasteiger partial charge on any atom is 0.416 e. The normalized spacial score (nSPS) is 11.3. The van der Waals surface area contributed by atoms with E-state index in [1.807, 2.05) is 13.0 Å². The molecular formula is C21H22F3N5O3. The molecule has 0 radical (unpaired) electrons. The molecule has 0 atom stereocenters. The van der Waals surface area contributed by atoms with Crippen molar-refractivity contribution in [3.05, 3.63) is 53.6 Å². The quantitative estimate of drug-likeness (QED) is 0.524. The van der Waals surface area contributed by atoms with Gasteiger partial charge in [-0.2, -0.15) is 18.0 Å². The predicted molar refractivity (Wildman–Crippen MR) is 109 cm³/mol. The number of amides is 1. The van der Waals surface area contributed by atoms with E-state index in [9.17, 15) is 18.0 Å². The van der Waals surface area contributed by atoms with Crippen molar-refractivity contribution in [3.8, 4) is 22.9 Å². The van der Waals surface area contributed by atoms with Crippen LogP contribution in [-0.4, -0.2) is 51.8 Å². The third-order valence-corrected chi connectivity index (χ3v) is 4.73. The van der Waals surface area contributed by atoms with Crippen LogP contribution in [0.4, 0.5) is 13.2 Å². The van der Waals surface area contributed by atoms with Crippen LogP contribution in [0.1, 0.15) is 18.1 Å². The first-order valence-electron chi connectivity index (χ1n) is 9.69. The summed E-state index contributed by atoms with van der Waals surface area (Å²) < 4.78 is 49.3. The summed E-state index contributed by atoms with van der Waals surface area (Å²) in [5.74, 6) is 0.874. The number of hydrogen-bond donors (Lipinski definition) is 0. The number of methoxy groups -OCH3 is 2.